The van der Waals surface area contributed by atoms with Gasteiger partial charge in [0.2, 0.25) is 5.91 Å². The molecule has 112 valence electrons. The maximum atomic E-state index is 12.7. The van der Waals surface area contributed by atoms with E-state index in [9.17, 15) is 9.59 Å². The van der Waals surface area contributed by atoms with E-state index in [-0.39, 0.29) is 17.6 Å². The molecule has 1 aliphatic carbocycles. The number of carbonyl (C=O) groups is 2. The SMILES string of the molecule is CC(=O)c1ccccc1NC(=O)C1CCCc2ccccc21. The highest BCUT2D eigenvalue weighted by atomic mass is 16.2. The first kappa shape index (κ1) is 14.5. The Morgan fingerprint density at radius 3 is 2.59 bits per heavy atom. The molecule has 1 N–H and O–H groups in total. The van der Waals surface area contributed by atoms with Crippen LogP contribution in [0.1, 0.15) is 47.2 Å². The summed E-state index contributed by atoms with van der Waals surface area (Å²) in [6.45, 7) is 1.51. The number of ketones is 1. The summed E-state index contributed by atoms with van der Waals surface area (Å²) >= 11 is 0. The molecule has 0 radical (unpaired) electrons. The summed E-state index contributed by atoms with van der Waals surface area (Å²) in [6, 6.07) is 15.3. The van der Waals surface area contributed by atoms with Crippen LogP contribution < -0.4 is 5.32 Å². The lowest BCUT2D eigenvalue weighted by molar-refractivity contribution is -0.117. The van der Waals surface area contributed by atoms with Gasteiger partial charge in [-0.1, -0.05) is 36.4 Å². The lowest BCUT2D eigenvalue weighted by Crippen LogP contribution is -2.25. The Kier molecular flexibility index (Phi) is 4.05. The zero-order valence-corrected chi connectivity index (χ0v) is 12.6. The summed E-state index contributed by atoms with van der Waals surface area (Å²) in [4.78, 5) is 24.4. The highest BCUT2D eigenvalue weighted by molar-refractivity contribution is 6.05. The van der Waals surface area contributed by atoms with Gasteiger partial charge in [-0.2, -0.15) is 0 Å². The van der Waals surface area contributed by atoms with Crippen molar-refractivity contribution in [2.75, 3.05) is 5.32 Å². The van der Waals surface area contributed by atoms with Gasteiger partial charge in [0.15, 0.2) is 5.78 Å². The van der Waals surface area contributed by atoms with E-state index >= 15 is 0 Å². The van der Waals surface area contributed by atoms with Crippen molar-refractivity contribution in [1.82, 2.24) is 0 Å². The van der Waals surface area contributed by atoms with Crippen molar-refractivity contribution < 1.29 is 9.59 Å². The molecule has 2 aromatic carbocycles. The van der Waals surface area contributed by atoms with Crippen LogP contribution in [0, 0.1) is 0 Å². The van der Waals surface area contributed by atoms with Crippen LogP contribution in [0.4, 0.5) is 5.69 Å². The molecule has 0 saturated heterocycles. The lowest BCUT2D eigenvalue weighted by atomic mass is 9.82. The third kappa shape index (κ3) is 2.80. The molecule has 0 heterocycles. The van der Waals surface area contributed by atoms with E-state index in [2.05, 4.69) is 11.4 Å². The smallest absolute Gasteiger partial charge is 0.231 e. The van der Waals surface area contributed by atoms with E-state index in [0.717, 1.165) is 24.8 Å². The van der Waals surface area contributed by atoms with E-state index < -0.39 is 0 Å². The number of fused-ring (bicyclic) bond motifs is 1. The number of nitrogens with one attached hydrogen (secondary N) is 1. The minimum Gasteiger partial charge on any atom is -0.325 e. The Labute approximate surface area is 130 Å². The van der Waals surface area contributed by atoms with Gasteiger partial charge >= 0.3 is 0 Å². The molecule has 0 fully saturated rings. The summed E-state index contributed by atoms with van der Waals surface area (Å²) in [7, 11) is 0. The number of benzene rings is 2. The van der Waals surface area contributed by atoms with Gasteiger partial charge in [-0.25, -0.2) is 0 Å². The van der Waals surface area contributed by atoms with Gasteiger partial charge < -0.3 is 5.32 Å². The third-order valence-electron chi connectivity index (χ3n) is 4.25. The van der Waals surface area contributed by atoms with Crippen LogP contribution in [0.15, 0.2) is 48.5 Å². The first-order valence-corrected chi connectivity index (χ1v) is 7.65. The molecule has 22 heavy (non-hydrogen) atoms. The zero-order chi connectivity index (χ0) is 15.5. The average molecular weight is 293 g/mol. The Morgan fingerprint density at radius 1 is 1.05 bits per heavy atom. The molecule has 1 amide bonds. The van der Waals surface area contributed by atoms with Crippen molar-refractivity contribution in [2.45, 2.75) is 32.1 Å². The normalized spacial score (nSPS) is 16.7. The molecule has 3 nitrogen and oxygen atoms in total. The highest BCUT2D eigenvalue weighted by Crippen LogP contribution is 2.32. The van der Waals surface area contributed by atoms with Gasteiger partial charge in [0.25, 0.3) is 0 Å². The lowest BCUT2D eigenvalue weighted by Gasteiger charge is -2.25. The second-order valence-electron chi connectivity index (χ2n) is 5.73. The van der Waals surface area contributed by atoms with E-state index in [0.29, 0.717) is 11.3 Å². The Morgan fingerprint density at radius 2 is 1.77 bits per heavy atom. The number of para-hydroxylation sites is 1. The van der Waals surface area contributed by atoms with Crippen LogP contribution >= 0.6 is 0 Å². The van der Waals surface area contributed by atoms with Gasteiger partial charge in [-0.3, -0.25) is 9.59 Å². The number of amides is 1. The Hall–Kier alpha value is -2.42. The predicted octanol–water partition coefficient (Wildman–Crippen LogP) is 3.95. The van der Waals surface area contributed by atoms with Crippen molar-refractivity contribution in [3.8, 4) is 0 Å². The number of hydrogen-bond donors (Lipinski definition) is 1. The summed E-state index contributed by atoms with van der Waals surface area (Å²) in [5.41, 5.74) is 3.53. The minimum absolute atomic E-state index is 0.0270. The molecule has 0 aromatic heterocycles. The molecule has 0 bridgehead atoms. The van der Waals surface area contributed by atoms with E-state index in [4.69, 9.17) is 0 Å². The summed E-state index contributed by atoms with van der Waals surface area (Å²) in [6.07, 6.45) is 2.90. The van der Waals surface area contributed by atoms with Crippen molar-refractivity contribution in [3.63, 3.8) is 0 Å². The number of Topliss-reactive ketones (excluding diaryl/α,β-unsaturated/α-hetero) is 1. The summed E-state index contributed by atoms with van der Waals surface area (Å²) < 4.78 is 0. The largest absolute Gasteiger partial charge is 0.325 e. The topological polar surface area (TPSA) is 46.2 Å². The average Bonchev–Trinajstić information content (AvgIpc) is 2.54. The zero-order valence-electron chi connectivity index (χ0n) is 12.6. The fourth-order valence-electron chi connectivity index (χ4n) is 3.15. The van der Waals surface area contributed by atoms with Crippen LogP contribution in [-0.2, 0) is 11.2 Å². The predicted molar refractivity (Wildman–Crippen MR) is 87.2 cm³/mol. The van der Waals surface area contributed by atoms with Crippen LogP contribution in [0.2, 0.25) is 0 Å². The third-order valence-corrected chi connectivity index (χ3v) is 4.25. The van der Waals surface area contributed by atoms with Crippen LogP contribution in [0.5, 0.6) is 0 Å². The fraction of sp³-hybridized carbons (Fsp3) is 0.263. The number of aryl methyl sites for hydroxylation is 1. The highest BCUT2D eigenvalue weighted by Gasteiger charge is 2.26. The van der Waals surface area contributed by atoms with E-state index in [1.807, 2.05) is 30.3 Å². The number of carbonyl (C=O) groups excluding carboxylic acids is 2. The minimum atomic E-state index is -0.134. The van der Waals surface area contributed by atoms with Crippen LogP contribution in [-0.4, -0.2) is 11.7 Å². The summed E-state index contributed by atoms with van der Waals surface area (Å²) in [5.74, 6) is -0.203. The monoisotopic (exact) mass is 293 g/mol. The number of hydrogen-bond acceptors (Lipinski definition) is 2. The molecule has 1 atom stereocenters. The molecular weight excluding hydrogens is 274 g/mol. The first-order valence-electron chi connectivity index (χ1n) is 7.65. The standard InChI is InChI=1S/C19H19NO2/c1-13(21)15-9-4-5-12-18(15)20-19(22)17-11-6-8-14-7-2-3-10-16(14)17/h2-5,7,9-10,12,17H,6,8,11H2,1H3,(H,20,22). The van der Waals surface area contributed by atoms with Gasteiger partial charge in [-0.05, 0) is 49.4 Å². The van der Waals surface area contributed by atoms with E-state index in [1.54, 1.807) is 12.1 Å². The van der Waals surface area contributed by atoms with Crippen LogP contribution in [0.3, 0.4) is 0 Å². The second kappa shape index (κ2) is 6.14. The van der Waals surface area contributed by atoms with E-state index in [1.165, 1.54) is 12.5 Å². The molecule has 2 aromatic rings. The van der Waals surface area contributed by atoms with Crippen molar-refractivity contribution >= 4 is 17.4 Å². The van der Waals surface area contributed by atoms with Crippen LogP contribution in [0.25, 0.3) is 0 Å². The molecule has 3 rings (SSSR count). The quantitative estimate of drug-likeness (QED) is 0.871. The van der Waals surface area contributed by atoms with Gasteiger partial charge in [0, 0.05) is 5.56 Å². The number of rotatable bonds is 3. The Balaban J connectivity index is 1.86. The number of anilines is 1. The van der Waals surface area contributed by atoms with Crippen molar-refractivity contribution in [1.29, 1.82) is 0 Å². The Bertz CT molecular complexity index is 721. The molecule has 0 saturated carbocycles. The molecule has 3 heteroatoms. The molecule has 0 spiro atoms. The van der Waals surface area contributed by atoms with Gasteiger partial charge in [-0.15, -0.1) is 0 Å². The maximum Gasteiger partial charge on any atom is 0.231 e. The van der Waals surface area contributed by atoms with Crippen molar-refractivity contribution in [2.24, 2.45) is 0 Å². The van der Waals surface area contributed by atoms with Gasteiger partial charge in [0.1, 0.15) is 0 Å². The fourth-order valence-corrected chi connectivity index (χ4v) is 3.15. The second-order valence-corrected chi connectivity index (χ2v) is 5.73. The maximum absolute atomic E-state index is 12.7. The molecular formula is C19H19NO2. The van der Waals surface area contributed by atoms with Crippen molar-refractivity contribution in [3.05, 3.63) is 65.2 Å². The molecule has 1 aliphatic rings. The van der Waals surface area contributed by atoms with Gasteiger partial charge in [0.05, 0.1) is 11.6 Å². The summed E-state index contributed by atoms with van der Waals surface area (Å²) in [5, 5.41) is 2.94. The molecule has 1 unspecified atom stereocenters. The molecule has 0 aliphatic heterocycles. The first-order chi connectivity index (χ1) is 10.7.